The van der Waals surface area contributed by atoms with Crippen LogP contribution in [0.3, 0.4) is 0 Å². The van der Waals surface area contributed by atoms with E-state index in [-0.39, 0.29) is 22.9 Å². The monoisotopic (exact) mass is 483 g/mol. The standard InChI is InChI=1S/C23H18ClN3O7/c1-32-21-12-15(6-11-20(21)34-23(29)16-7-9-17(24)10-8-16)13-25-26-22(28)14-33-19-5-3-2-4-18(19)27(30)31/h2-13H,14H2,1H3,(H,26,28). The summed E-state index contributed by atoms with van der Waals surface area (Å²) in [6, 6.07) is 16.6. The van der Waals surface area contributed by atoms with Crippen molar-refractivity contribution in [2.24, 2.45) is 5.10 Å². The number of benzene rings is 3. The van der Waals surface area contributed by atoms with Crippen LogP contribution in [0.25, 0.3) is 0 Å². The van der Waals surface area contributed by atoms with Crippen LogP contribution in [0.2, 0.25) is 5.02 Å². The molecule has 0 bridgehead atoms. The zero-order chi connectivity index (χ0) is 24.5. The first-order valence-electron chi connectivity index (χ1n) is 9.71. The average Bonchev–Trinajstić information content (AvgIpc) is 2.84. The highest BCUT2D eigenvalue weighted by Gasteiger charge is 2.15. The Kier molecular flexibility index (Phi) is 8.14. The summed E-state index contributed by atoms with van der Waals surface area (Å²) in [4.78, 5) is 34.6. The summed E-state index contributed by atoms with van der Waals surface area (Å²) in [5.74, 6) is -0.754. The van der Waals surface area contributed by atoms with Crippen LogP contribution in [0.15, 0.2) is 71.8 Å². The maximum absolute atomic E-state index is 12.3. The van der Waals surface area contributed by atoms with Gasteiger partial charge in [0, 0.05) is 11.1 Å². The van der Waals surface area contributed by atoms with Gasteiger partial charge in [0.25, 0.3) is 5.91 Å². The van der Waals surface area contributed by atoms with E-state index >= 15 is 0 Å². The number of hydrogen-bond acceptors (Lipinski definition) is 8. The number of methoxy groups -OCH3 is 1. The molecule has 34 heavy (non-hydrogen) atoms. The number of para-hydroxylation sites is 2. The van der Waals surface area contributed by atoms with Gasteiger partial charge in [-0.1, -0.05) is 23.7 Å². The molecule has 10 nitrogen and oxygen atoms in total. The van der Waals surface area contributed by atoms with Crippen LogP contribution in [0, 0.1) is 10.1 Å². The van der Waals surface area contributed by atoms with E-state index < -0.39 is 23.4 Å². The molecule has 0 unspecified atom stereocenters. The van der Waals surface area contributed by atoms with Crippen molar-refractivity contribution < 1.29 is 28.7 Å². The second-order valence-electron chi connectivity index (χ2n) is 6.61. The molecule has 11 heteroatoms. The van der Waals surface area contributed by atoms with Crippen molar-refractivity contribution in [1.29, 1.82) is 0 Å². The molecule has 0 fully saturated rings. The first-order chi connectivity index (χ1) is 16.4. The summed E-state index contributed by atoms with van der Waals surface area (Å²) in [6.07, 6.45) is 1.34. The summed E-state index contributed by atoms with van der Waals surface area (Å²) >= 11 is 5.82. The molecule has 0 saturated carbocycles. The lowest BCUT2D eigenvalue weighted by molar-refractivity contribution is -0.385. The van der Waals surface area contributed by atoms with Crippen LogP contribution in [-0.2, 0) is 4.79 Å². The van der Waals surface area contributed by atoms with E-state index in [9.17, 15) is 19.7 Å². The molecule has 174 valence electrons. The van der Waals surface area contributed by atoms with Gasteiger partial charge in [-0.2, -0.15) is 5.10 Å². The van der Waals surface area contributed by atoms with E-state index in [4.69, 9.17) is 25.8 Å². The SMILES string of the molecule is COc1cc(C=NNC(=O)COc2ccccc2[N+](=O)[O-])ccc1OC(=O)c1ccc(Cl)cc1. The highest BCUT2D eigenvalue weighted by Crippen LogP contribution is 2.28. The predicted molar refractivity (Wildman–Crippen MR) is 124 cm³/mol. The lowest BCUT2D eigenvalue weighted by atomic mass is 10.2. The second kappa shape index (κ2) is 11.4. The molecule has 0 saturated heterocycles. The minimum atomic E-state index is -0.616. The van der Waals surface area contributed by atoms with E-state index in [1.54, 1.807) is 42.5 Å². The van der Waals surface area contributed by atoms with Crippen molar-refractivity contribution in [2.75, 3.05) is 13.7 Å². The maximum atomic E-state index is 12.3. The molecule has 0 atom stereocenters. The normalized spacial score (nSPS) is 10.5. The third-order valence-corrected chi connectivity index (χ3v) is 4.55. The number of esters is 1. The van der Waals surface area contributed by atoms with Gasteiger partial charge in [0.05, 0.1) is 23.8 Å². The smallest absolute Gasteiger partial charge is 0.343 e. The van der Waals surface area contributed by atoms with Crippen LogP contribution in [0.5, 0.6) is 17.2 Å². The van der Waals surface area contributed by atoms with Crippen LogP contribution in [0.4, 0.5) is 5.69 Å². The van der Waals surface area contributed by atoms with Gasteiger partial charge in [-0.15, -0.1) is 0 Å². The second-order valence-corrected chi connectivity index (χ2v) is 7.05. The number of carbonyl (C=O) groups is 2. The summed E-state index contributed by atoms with van der Waals surface area (Å²) < 4.78 is 15.8. The minimum absolute atomic E-state index is 0.0277. The molecule has 0 aliphatic heterocycles. The van der Waals surface area contributed by atoms with E-state index in [0.717, 1.165) is 0 Å². The Balaban J connectivity index is 1.57. The third kappa shape index (κ3) is 6.53. The van der Waals surface area contributed by atoms with E-state index in [0.29, 0.717) is 16.1 Å². The molecule has 3 rings (SSSR count). The molecule has 0 aliphatic carbocycles. The minimum Gasteiger partial charge on any atom is -0.493 e. The molecule has 0 heterocycles. The lowest BCUT2D eigenvalue weighted by Gasteiger charge is -2.10. The summed E-state index contributed by atoms with van der Waals surface area (Å²) in [7, 11) is 1.41. The van der Waals surface area contributed by atoms with E-state index in [1.807, 2.05) is 0 Å². The number of amides is 1. The largest absolute Gasteiger partial charge is 0.493 e. The summed E-state index contributed by atoms with van der Waals surface area (Å²) in [5, 5.41) is 15.3. The number of halogens is 1. The van der Waals surface area contributed by atoms with Gasteiger partial charge in [0.2, 0.25) is 0 Å². The number of carbonyl (C=O) groups excluding carboxylic acids is 2. The molecule has 3 aromatic carbocycles. The Morgan fingerprint density at radius 3 is 2.50 bits per heavy atom. The highest BCUT2D eigenvalue weighted by molar-refractivity contribution is 6.30. The maximum Gasteiger partial charge on any atom is 0.343 e. The van der Waals surface area contributed by atoms with Crippen molar-refractivity contribution in [3.05, 3.63) is 93.0 Å². The first kappa shape index (κ1) is 24.2. The van der Waals surface area contributed by atoms with E-state index in [2.05, 4.69) is 10.5 Å². The predicted octanol–water partition coefficient (Wildman–Crippen LogP) is 4.01. The number of nitro groups is 1. The number of hydrazone groups is 1. The number of hydrogen-bond donors (Lipinski definition) is 1. The molecule has 3 aromatic rings. The third-order valence-electron chi connectivity index (χ3n) is 4.29. The molecular weight excluding hydrogens is 466 g/mol. The number of nitrogens with zero attached hydrogens (tertiary/aromatic N) is 2. The van der Waals surface area contributed by atoms with Gasteiger partial charge in [-0.3, -0.25) is 14.9 Å². The quantitative estimate of drug-likeness (QED) is 0.160. The van der Waals surface area contributed by atoms with Crippen LogP contribution < -0.4 is 19.6 Å². The van der Waals surface area contributed by atoms with Gasteiger partial charge in [-0.05, 0) is 54.1 Å². The number of ether oxygens (including phenoxy) is 3. The Labute approximate surface area is 198 Å². The number of nitro benzene ring substituents is 1. The fourth-order valence-corrected chi connectivity index (χ4v) is 2.80. The number of rotatable bonds is 9. The van der Waals surface area contributed by atoms with Crippen molar-refractivity contribution in [3.63, 3.8) is 0 Å². The molecular formula is C23H18ClN3O7. The Bertz CT molecular complexity index is 1230. The topological polar surface area (TPSA) is 129 Å². The summed E-state index contributed by atoms with van der Waals surface area (Å²) in [6.45, 7) is -0.467. The van der Waals surface area contributed by atoms with Gasteiger partial charge in [0.15, 0.2) is 23.9 Å². The number of nitrogens with one attached hydrogen (secondary N) is 1. The average molecular weight is 484 g/mol. The van der Waals surface area contributed by atoms with Crippen molar-refractivity contribution in [2.45, 2.75) is 0 Å². The van der Waals surface area contributed by atoms with Crippen molar-refractivity contribution in [3.8, 4) is 17.2 Å². The molecule has 0 radical (unpaired) electrons. The van der Waals surface area contributed by atoms with Crippen molar-refractivity contribution in [1.82, 2.24) is 5.43 Å². The lowest BCUT2D eigenvalue weighted by Crippen LogP contribution is -2.24. The fourth-order valence-electron chi connectivity index (χ4n) is 2.68. The molecule has 0 aliphatic rings. The van der Waals surface area contributed by atoms with Gasteiger partial charge >= 0.3 is 11.7 Å². The zero-order valence-corrected chi connectivity index (χ0v) is 18.5. The van der Waals surface area contributed by atoms with Gasteiger partial charge in [-0.25, -0.2) is 10.2 Å². The Hall–Kier alpha value is -4.44. The highest BCUT2D eigenvalue weighted by atomic mass is 35.5. The fraction of sp³-hybridized carbons (Fsp3) is 0.0870. The van der Waals surface area contributed by atoms with Gasteiger partial charge in [0.1, 0.15) is 0 Å². The first-order valence-corrected chi connectivity index (χ1v) is 10.1. The molecule has 1 amide bonds. The zero-order valence-electron chi connectivity index (χ0n) is 17.8. The Morgan fingerprint density at radius 1 is 1.06 bits per heavy atom. The van der Waals surface area contributed by atoms with Crippen molar-refractivity contribution >= 4 is 35.4 Å². The summed E-state index contributed by atoms with van der Waals surface area (Å²) in [5.41, 5.74) is 2.88. The molecule has 0 aromatic heterocycles. The Morgan fingerprint density at radius 2 is 1.79 bits per heavy atom. The van der Waals surface area contributed by atoms with Crippen LogP contribution in [0.1, 0.15) is 15.9 Å². The molecule has 0 spiro atoms. The van der Waals surface area contributed by atoms with Gasteiger partial charge < -0.3 is 14.2 Å². The van der Waals surface area contributed by atoms with E-state index in [1.165, 1.54) is 37.6 Å². The molecule has 1 N–H and O–H groups in total. The van der Waals surface area contributed by atoms with Crippen LogP contribution in [-0.4, -0.2) is 36.7 Å². The van der Waals surface area contributed by atoms with Crippen LogP contribution >= 0.6 is 11.6 Å².